The molecule has 122 valence electrons. The van der Waals surface area contributed by atoms with Crippen LogP contribution in [0.2, 0.25) is 0 Å². The SMILES string of the molecule is Cc1nc2c(cnn2C(C)C)cc1C(=O)NCC1=CCNCC1. The van der Waals surface area contributed by atoms with Gasteiger partial charge in [0.2, 0.25) is 0 Å². The lowest BCUT2D eigenvalue weighted by Crippen LogP contribution is -2.30. The van der Waals surface area contributed by atoms with Gasteiger partial charge in [-0.3, -0.25) is 4.79 Å². The molecule has 0 saturated carbocycles. The third-order valence-corrected chi connectivity index (χ3v) is 4.13. The molecule has 0 aromatic carbocycles. The number of rotatable bonds is 4. The van der Waals surface area contributed by atoms with Crippen molar-refractivity contribution in [2.24, 2.45) is 0 Å². The second-order valence-corrected chi connectivity index (χ2v) is 6.22. The number of nitrogens with zero attached hydrogens (tertiary/aromatic N) is 3. The fourth-order valence-electron chi connectivity index (χ4n) is 2.79. The van der Waals surface area contributed by atoms with Crippen LogP contribution in [0.25, 0.3) is 11.0 Å². The van der Waals surface area contributed by atoms with Crippen molar-refractivity contribution in [2.75, 3.05) is 19.6 Å². The summed E-state index contributed by atoms with van der Waals surface area (Å²) in [4.78, 5) is 17.1. The molecule has 1 aliphatic rings. The molecule has 0 spiro atoms. The molecule has 6 heteroatoms. The summed E-state index contributed by atoms with van der Waals surface area (Å²) >= 11 is 0. The van der Waals surface area contributed by atoms with Crippen LogP contribution in [-0.4, -0.2) is 40.3 Å². The predicted molar refractivity (Wildman–Crippen MR) is 90.6 cm³/mol. The highest BCUT2D eigenvalue weighted by Gasteiger charge is 2.15. The first-order chi connectivity index (χ1) is 11.1. The minimum absolute atomic E-state index is 0.0753. The maximum atomic E-state index is 12.5. The Balaban J connectivity index is 1.80. The van der Waals surface area contributed by atoms with Crippen LogP contribution in [0.5, 0.6) is 0 Å². The van der Waals surface area contributed by atoms with E-state index in [2.05, 4.69) is 40.6 Å². The summed E-state index contributed by atoms with van der Waals surface area (Å²) in [6.45, 7) is 8.46. The normalized spacial score (nSPS) is 15.0. The van der Waals surface area contributed by atoms with E-state index < -0.39 is 0 Å². The highest BCUT2D eigenvalue weighted by molar-refractivity contribution is 5.98. The molecular weight excluding hydrogens is 290 g/mol. The average molecular weight is 313 g/mol. The van der Waals surface area contributed by atoms with Gasteiger partial charge in [-0.2, -0.15) is 5.10 Å². The zero-order valence-electron chi connectivity index (χ0n) is 13.9. The number of aromatic nitrogens is 3. The van der Waals surface area contributed by atoms with Crippen molar-refractivity contribution in [3.05, 3.63) is 35.2 Å². The molecule has 23 heavy (non-hydrogen) atoms. The summed E-state index contributed by atoms with van der Waals surface area (Å²) in [6.07, 6.45) is 4.90. The Morgan fingerprint density at radius 2 is 2.30 bits per heavy atom. The second-order valence-electron chi connectivity index (χ2n) is 6.22. The molecule has 0 atom stereocenters. The first-order valence-electron chi connectivity index (χ1n) is 8.08. The lowest BCUT2D eigenvalue weighted by molar-refractivity contribution is 0.0956. The summed E-state index contributed by atoms with van der Waals surface area (Å²) in [5.74, 6) is -0.0753. The predicted octanol–water partition coefficient (Wildman–Crippen LogP) is 1.97. The third kappa shape index (κ3) is 3.27. The van der Waals surface area contributed by atoms with Gasteiger partial charge in [0, 0.05) is 24.5 Å². The molecule has 0 saturated heterocycles. The van der Waals surface area contributed by atoms with Crippen molar-refractivity contribution >= 4 is 16.9 Å². The lowest BCUT2D eigenvalue weighted by Gasteiger charge is -2.15. The highest BCUT2D eigenvalue weighted by Crippen LogP contribution is 2.19. The monoisotopic (exact) mass is 313 g/mol. The zero-order chi connectivity index (χ0) is 16.4. The molecule has 6 nitrogen and oxygen atoms in total. The van der Waals surface area contributed by atoms with E-state index in [0.717, 1.165) is 36.2 Å². The maximum Gasteiger partial charge on any atom is 0.253 e. The number of fused-ring (bicyclic) bond motifs is 1. The van der Waals surface area contributed by atoms with Gasteiger partial charge in [-0.15, -0.1) is 0 Å². The number of carbonyl (C=O) groups excluding carboxylic acids is 1. The number of nitrogens with one attached hydrogen (secondary N) is 2. The number of hydrogen-bond acceptors (Lipinski definition) is 4. The molecular formula is C17H23N5O. The van der Waals surface area contributed by atoms with Gasteiger partial charge in [0.05, 0.1) is 17.5 Å². The number of aryl methyl sites for hydroxylation is 1. The molecule has 2 aromatic rings. The van der Waals surface area contributed by atoms with Gasteiger partial charge in [0.1, 0.15) is 0 Å². The minimum Gasteiger partial charge on any atom is -0.348 e. The average Bonchev–Trinajstić information content (AvgIpc) is 2.95. The van der Waals surface area contributed by atoms with Gasteiger partial charge < -0.3 is 10.6 Å². The topological polar surface area (TPSA) is 71.8 Å². The summed E-state index contributed by atoms with van der Waals surface area (Å²) in [7, 11) is 0. The fourth-order valence-corrected chi connectivity index (χ4v) is 2.79. The van der Waals surface area contributed by atoms with E-state index in [-0.39, 0.29) is 11.9 Å². The summed E-state index contributed by atoms with van der Waals surface area (Å²) in [5.41, 5.74) is 3.46. The van der Waals surface area contributed by atoms with Crippen LogP contribution < -0.4 is 10.6 Å². The van der Waals surface area contributed by atoms with Crippen LogP contribution in [0.1, 0.15) is 42.4 Å². The van der Waals surface area contributed by atoms with E-state index in [1.165, 1.54) is 5.57 Å². The lowest BCUT2D eigenvalue weighted by atomic mass is 10.1. The number of pyridine rings is 1. The molecule has 1 aliphatic heterocycles. The maximum absolute atomic E-state index is 12.5. The highest BCUT2D eigenvalue weighted by atomic mass is 16.1. The van der Waals surface area contributed by atoms with Crippen LogP contribution in [0.4, 0.5) is 0 Å². The molecule has 0 aliphatic carbocycles. The fraction of sp³-hybridized carbons (Fsp3) is 0.471. The standard InChI is InChI=1S/C17H23N5O/c1-11(2)22-16-14(10-20-22)8-15(12(3)21-16)17(23)19-9-13-4-6-18-7-5-13/h4,8,10-11,18H,5-7,9H2,1-3H3,(H,19,23). The van der Waals surface area contributed by atoms with Crippen molar-refractivity contribution in [2.45, 2.75) is 33.2 Å². The largest absolute Gasteiger partial charge is 0.348 e. The number of amides is 1. The van der Waals surface area contributed by atoms with Gasteiger partial charge in [0.25, 0.3) is 5.91 Å². The molecule has 2 aromatic heterocycles. The second kappa shape index (κ2) is 6.50. The van der Waals surface area contributed by atoms with E-state index in [4.69, 9.17) is 0 Å². The zero-order valence-corrected chi connectivity index (χ0v) is 13.9. The van der Waals surface area contributed by atoms with E-state index in [1.807, 2.05) is 17.7 Å². The van der Waals surface area contributed by atoms with Crippen LogP contribution in [-0.2, 0) is 0 Å². The van der Waals surface area contributed by atoms with Gasteiger partial charge in [-0.05, 0) is 39.8 Å². The van der Waals surface area contributed by atoms with Crippen molar-refractivity contribution in [3.8, 4) is 0 Å². The number of carbonyl (C=O) groups is 1. The van der Waals surface area contributed by atoms with E-state index in [1.54, 1.807) is 6.20 Å². The Labute approximate surface area is 136 Å². The van der Waals surface area contributed by atoms with Crippen LogP contribution in [0.3, 0.4) is 0 Å². The first-order valence-corrected chi connectivity index (χ1v) is 8.08. The Bertz CT molecular complexity index is 760. The van der Waals surface area contributed by atoms with Gasteiger partial charge >= 0.3 is 0 Å². The van der Waals surface area contributed by atoms with Crippen LogP contribution >= 0.6 is 0 Å². The Morgan fingerprint density at radius 1 is 1.48 bits per heavy atom. The summed E-state index contributed by atoms with van der Waals surface area (Å²) in [6, 6.07) is 2.13. The molecule has 3 rings (SSSR count). The summed E-state index contributed by atoms with van der Waals surface area (Å²) < 4.78 is 1.88. The summed E-state index contributed by atoms with van der Waals surface area (Å²) in [5, 5.41) is 11.5. The van der Waals surface area contributed by atoms with Gasteiger partial charge in [-0.1, -0.05) is 11.6 Å². The molecule has 2 N–H and O–H groups in total. The van der Waals surface area contributed by atoms with Crippen molar-refractivity contribution in [1.29, 1.82) is 0 Å². The van der Waals surface area contributed by atoms with Crippen molar-refractivity contribution in [1.82, 2.24) is 25.4 Å². The van der Waals surface area contributed by atoms with Crippen LogP contribution in [0, 0.1) is 6.92 Å². The molecule has 1 amide bonds. The molecule has 0 bridgehead atoms. The Kier molecular flexibility index (Phi) is 4.43. The molecule has 3 heterocycles. The van der Waals surface area contributed by atoms with Crippen LogP contribution in [0.15, 0.2) is 23.9 Å². The van der Waals surface area contributed by atoms with Crippen molar-refractivity contribution < 1.29 is 4.79 Å². The Hall–Kier alpha value is -2.21. The quantitative estimate of drug-likeness (QED) is 0.847. The van der Waals surface area contributed by atoms with Gasteiger partial charge in [0.15, 0.2) is 5.65 Å². The first kappa shape index (κ1) is 15.7. The molecule has 0 radical (unpaired) electrons. The van der Waals surface area contributed by atoms with Crippen molar-refractivity contribution in [3.63, 3.8) is 0 Å². The van der Waals surface area contributed by atoms with Gasteiger partial charge in [-0.25, -0.2) is 9.67 Å². The Morgan fingerprint density at radius 3 is 3.00 bits per heavy atom. The van der Waals surface area contributed by atoms with E-state index in [9.17, 15) is 4.79 Å². The minimum atomic E-state index is -0.0753. The molecule has 0 fully saturated rings. The number of hydrogen-bond donors (Lipinski definition) is 2. The smallest absolute Gasteiger partial charge is 0.253 e. The third-order valence-electron chi connectivity index (χ3n) is 4.13. The molecule has 0 unspecified atom stereocenters. The van der Waals surface area contributed by atoms with E-state index in [0.29, 0.717) is 12.1 Å². The van der Waals surface area contributed by atoms with E-state index >= 15 is 0 Å².